The van der Waals surface area contributed by atoms with Crippen molar-refractivity contribution in [3.63, 3.8) is 0 Å². The second kappa shape index (κ2) is 9.45. The molecular formula is C21H25N3O3S2. The third-order valence-corrected chi connectivity index (χ3v) is 7.07. The first kappa shape index (κ1) is 21.4. The number of hydrogen-bond acceptors (Lipinski definition) is 6. The highest BCUT2D eigenvalue weighted by molar-refractivity contribution is 7.99. The van der Waals surface area contributed by atoms with E-state index in [0.717, 1.165) is 26.6 Å². The van der Waals surface area contributed by atoms with Gasteiger partial charge in [-0.1, -0.05) is 18.2 Å². The van der Waals surface area contributed by atoms with Gasteiger partial charge in [-0.2, -0.15) is 0 Å². The number of thiophene rings is 1. The maximum atomic E-state index is 12.4. The first-order valence-electron chi connectivity index (χ1n) is 9.40. The summed E-state index contributed by atoms with van der Waals surface area (Å²) in [6.45, 7) is 6.34. The van der Waals surface area contributed by atoms with Gasteiger partial charge in [-0.05, 0) is 44.4 Å². The summed E-state index contributed by atoms with van der Waals surface area (Å²) in [5, 5.41) is 3.38. The molecule has 2 aromatic heterocycles. The monoisotopic (exact) mass is 431 g/mol. The van der Waals surface area contributed by atoms with E-state index in [9.17, 15) is 9.59 Å². The fourth-order valence-electron chi connectivity index (χ4n) is 3.02. The molecule has 1 unspecified atom stereocenters. The molecule has 0 bridgehead atoms. The van der Waals surface area contributed by atoms with E-state index < -0.39 is 0 Å². The Balaban J connectivity index is 1.53. The summed E-state index contributed by atoms with van der Waals surface area (Å²) in [5.41, 5.74) is 1.94. The van der Waals surface area contributed by atoms with Gasteiger partial charge in [0.05, 0.1) is 23.5 Å². The number of aromatic nitrogens is 2. The number of aryl methyl sites for hydroxylation is 2. The first-order valence-corrected chi connectivity index (χ1v) is 11.3. The zero-order valence-electron chi connectivity index (χ0n) is 17.0. The van der Waals surface area contributed by atoms with Crippen LogP contribution >= 0.6 is 23.1 Å². The van der Waals surface area contributed by atoms with Crippen LogP contribution in [0.5, 0.6) is 5.75 Å². The molecule has 3 rings (SSSR count). The summed E-state index contributed by atoms with van der Waals surface area (Å²) in [6.07, 6.45) is 0.704. The minimum absolute atomic E-state index is 0.0314. The van der Waals surface area contributed by atoms with Crippen LogP contribution in [0.2, 0.25) is 0 Å². The van der Waals surface area contributed by atoms with E-state index in [2.05, 4.69) is 15.3 Å². The topological polar surface area (TPSA) is 84.1 Å². The number of ether oxygens (including phenoxy) is 1. The van der Waals surface area contributed by atoms with Crippen LogP contribution in [0.15, 0.2) is 29.1 Å². The van der Waals surface area contributed by atoms with E-state index in [1.807, 2.05) is 45.0 Å². The van der Waals surface area contributed by atoms with Crippen molar-refractivity contribution in [1.29, 1.82) is 0 Å². The molecule has 0 saturated heterocycles. The molecule has 1 aromatic carbocycles. The number of rotatable bonds is 8. The maximum absolute atomic E-state index is 12.4. The van der Waals surface area contributed by atoms with Crippen LogP contribution < -0.4 is 15.6 Å². The van der Waals surface area contributed by atoms with Crippen LogP contribution in [-0.2, 0) is 17.0 Å². The lowest BCUT2D eigenvalue weighted by Crippen LogP contribution is -2.32. The van der Waals surface area contributed by atoms with E-state index in [4.69, 9.17) is 4.74 Å². The van der Waals surface area contributed by atoms with Gasteiger partial charge < -0.3 is 15.0 Å². The number of nitrogens with zero attached hydrogens (tertiary/aromatic N) is 1. The summed E-state index contributed by atoms with van der Waals surface area (Å²) < 4.78 is 5.33. The maximum Gasteiger partial charge on any atom is 0.259 e. The predicted molar refractivity (Wildman–Crippen MR) is 120 cm³/mol. The molecule has 0 radical (unpaired) electrons. The Morgan fingerprint density at radius 1 is 1.34 bits per heavy atom. The molecule has 0 fully saturated rings. The molecule has 3 aromatic rings. The number of thioether (sulfide) groups is 1. The fraction of sp³-hybridized carbons (Fsp3) is 0.381. The Labute approximate surface area is 178 Å². The molecule has 0 aliphatic heterocycles. The molecule has 0 saturated carbocycles. The molecule has 1 atom stereocenters. The van der Waals surface area contributed by atoms with Gasteiger partial charge in [0.25, 0.3) is 5.56 Å². The van der Waals surface area contributed by atoms with Crippen LogP contribution in [0.3, 0.4) is 0 Å². The molecule has 1 amide bonds. The zero-order valence-corrected chi connectivity index (χ0v) is 18.6. The summed E-state index contributed by atoms with van der Waals surface area (Å²) in [5.74, 6) is 1.87. The molecule has 8 heteroatoms. The number of hydrogen-bond donors (Lipinski definition) is 2. The van der Waals surface area contributed by atoms with Crippen molar-refractivity contribution in [2.24, 2.45) is 0 Å². The fourth-order valence-corrected chi connectivity index (χ4v) is 4.85. The van der Waals surface area contributed by atoms with Crippen molar-refractivity contribution in [3.8, 4) is 5.75 Å². The Kier molecular flexibility index (Phi) is 6.97. The highest BCUT2D eigenvalue weighted by Crippen LogP contribution is 2.26. The number of para-hydroxylation sites is 1. The Bertz CT molecular complexity index is 1070. The van der Waals surface area contributed by atoms with Crippen molar-refractivity contribution in [2.75, 3.05) is 13.7 Å². The quantitative estimate of drug-likeness (QED) is 0.569. The first-order chi connectivity index (χ1) is 13.9. The van der Waals surface area contributed by atoms with Crippen molar-refractivity contribution >= 4 is 39.2 Å². The van der Waals surface area contributed by atoms with Crippen LogP contribution in [0.25, 0.3) is 10.2 Å². The van der Waals surface area contributed by atoms with Gasteiger partial charge in [0.1, 0.15) is 16.4 Å². The largest absolute Gasteiger partial charge is 0.496 e. The number of amides is 1. The van der Waals surface area contributed by atoms with Crippen LogP contribution in [-0.4, -0.2) is 34.8 Å². The van der Waals surface area contributed by atoms with Crippen molar-refractivity contribution in [2.45, 2.75) is 38.2 Å². The average Bonchev–Trinajstić information content (AvgIpc) is 3.00. The second-order valence-corrected chi connectivity index (χ2v) is 9.31. The minimum Gasteiger partial charge on any atom is -0.496 e. The van der Waals surface area contributed by atoms with E-state index in [-0.39, 0.29) is 16.7 Å². The number of benzene rings is 1. The molecular weight excluding hydrogens is 406 g/mol. The molecule has 0 aliphatic rings. The number of aromatic amines is 1. The molecule has 2 N–H and O–H groups in total. The van der Waals surface area contributed by atoms with Crippen molar-refractivity contribution in [1.82, 2.24) is 15.3 Å². The van der Waals surface area contributed by atoms with Gasteiger partial charge in [0.15, 0.2) is 0 Å². The van der Waals surface area contributed by atoms with Gasteiger partial charge in [-0.15, -0.1) is 23.1 Å². The van der Waals surface area contributed by atoms with Crippen molar-refractivity contribution < 1.29 is 9.53 Å². The van der Waals surface area contributed by atoms with E-state index in [1.165, 1.54) is 23.1 Å². The van der Waals surface area contributed by atoms with Gasteiger partial charge in [-0.3, -0.25) is 9.59 Å². The number of carbonyl (C=O) groups excluding carboxylic acids is 1. The molecule has 29 heavy (non-hydrogen) atoms. The average molecular weight is 432 g/mol. The number of H-pyrrole nitrogens is 1. The normalized spacial score (nSPS) is 12.1. The summed E-state index contributed by atoms with van der Waals surface area (Å²) in [6, 6.07) is 7.79. The van der Waals surface area contributed by atoms with Gasteiger partial charge >= 0.3 is 0 Å². The smallest absolute Gasteiger partial charge is 0.259 e. The lowest BCUT2D eigenvalue weighted by Gasteiger charge is -2.13. The SMILES string of the molecule is COc1ccccc1CCNC(=O)C(C)SCc1nc2sc(C)c(C)c2c(=O)[nH]1. The highest BCUT2D eigenvalue weighted by Gasteiger charge is 2.16. The van der Waals surface area contributed by atoms with Gasteiger partial charge in [-0.25, -0.2) is 4.98 Å². The predicted octanol–water partition coefficient (Wildman–Crippen LogP) is 3.59. The molecule has 2 heterocycles. The molecule has 6 nitrogen and oxygen atoms in total. The summed E-state index contributed by atoms with van der Waals surface area (Å²) in [4.78, 5) is 34.0. The number of carbonyl (C=O) groups is 1. The van der Waals surface area contributed by atoms with E-state index in [0.29, 0.717) is 29.9 Å². The molecule has 154 valence electrons. The van der Waals surface area contributed by atoms with Crippen LogP contribution in [0.1, 0.15) is 28.8 Å². The number of fused-ring (bicyclic) bond motifs is 1. The van der Waals surface area contributed by atoms with E-state index in [1.54, 1.807) is 7.11 Å². The standard InChI is InChI=1S/C21H25N3O3S2/c1-12-13(2)29-21-18(12)20(26)23-17(24-21)11-28-14(3)19(25)22-10-9-15-7-5-6-8-16(15)27-4/h5-8,14H,9-11H2,1-4H3,(H,22,25)(H,23,24,26). The lowest BCUT2D eigenvalue weighted by atomic mass is 10.1. The third kappa shape index (κ3) is 5.00. The Morgan fingerprint density at radius 2 is 2.10 bits per heavy atom. The van der Waals surface area contributed by atoms with Gasteiger partial charge in [0, 0.05) is 11.4 Å². The number of methoxy groups -OCH3 is 1. The molecule has 0 aliphatic carbocycles. The minimum atomic E-state index is -0.250. The van der Waals surface area contributed by atoms with Gasteiger partial charge in [0.2, 0.25) is 5.91 Å². The van der Waals surface area contributed by atoms with E-state index >= 15 is 0 Å². The van der Waals surface area contributed by atoms with Crippen molar-refractivity contribution in [3.05, 3.63) is 56.4 Å². The summed E-state index contributed by atoms with van der Waals surface area (Å²) in [7, 11) is 1.64. The molecule has 0 spiro atoms. The van der Waals surface area contributed by atoms with Crippen LogP contribution in [0.4, 0.5) is 0 Å². The Morgan fingerprint density at radius 3 is 2.86 bits per heavy atom. The second-order valence-electron chi connectivity index (χ2n) is 6.78. The lowest BCUT2D eigenvalue weighted by molar-refractivity contribution is -0.120. The summed E-state index contributed by atoms with van der Waals surface area (Å²) >= 11 is 2.98. The highest BCUT2D eigenvalue weighted by atomic mass is 32.2. The number of nitrogens with one attached hydrogen (secondary N) is 2. The third-order valence-electron chi connectivity index (χ3n) is 4.81. The Hall–Kier alpha value is -2.32. The zero-order chi connectivity index (χ0) is 21.0. The van der Waals surface area contributed by atoms with Crippen LogP contribution in [0, 0.1) is 13.8 Å².